The molecule has 1 aromatic heterocycles. The summed E-state index contributed by atoms with van der Waals surface area (Å²) in [5.41, 5.74) is 5.35. The van der Waals surface area contributed by atoms with Gasteiger partial charge in [-0.1, -0.05) is 6.92 Å². The van der Waals surface area contributed by atoms with E-state index >= 15 is 0 Å². The number of ether oxygens (including phenoxy) is 1. The average molecular weight is 459 g/mol. The van der Waals surface area contributed by atoms with Crippen LogP contribution in [0.4, 0.5) is 0 Å². The highest BCUT2D eigenvalue weighted by atomic mass is 32.1. The Labute approximate surface area is 191 Å². The molecule has 1 fully saturated rings. The van der Waals surface area contributed by atoms with Crippen LogP contribution in [0.15, 0.2) is 47.1 Å². The molecule has 1 aliphatic rings. The lowest BCUT2D eigenvalue weighted by atomic mass is 10.1. The summed E-state index contributed by atoms with van der Waals surface area (Å²) in [4.78, 5) is 38.4. The van der Waals surface area contributed by atoms with E-state index in [-0.39, 0.29) is 36.0 Å². The molecule has 170 valence electrons. The fourth-order valence-electron chi connectivity index (χ4n) is 3.12. The van der Waals surface area contributed by atoms with Crippen LogP contribution in [-0.2, 0) is 16.1 Å². The predicted octanol–water partition coefficient (Wildman–Crippen LogP) is 2.14. The van der Waals surface area contributed by atoms with Crippen molar-refractivity contribution in [2.24, 2.45) is 5.92 Å². The number of carbonyl (C=O) groups excluding carboxylic acids is 3. The largest absolute Gasteiger partial charge is 0.491 e. The second kappa shape index (κ2) is 10.8. The predicted molar refractivity (Wildman–Crippen MR) is 120 cm³/mol. The first-order chi connectivity index (χ1) is 15.4. The number of hydrazine groups is 1. The molecule has 2 aromatic rings. The van der Waals surface area contributed by atoms with E-state index in [1.165, 1.54) is 6.26 Å². The summed E-state index contributed by atoms with van der Waals surface area (Å²) in [7, 11) is 0. The van der Waals surface area contributed by atoms with Gasteiger partial charge in [0.2, 0.25) is 11.8 Å². The molecule has 32 heavy (non-hydrogen) atoms. The van der Waals surface area contributed by atoms with Crippen molar-refractivity contribution in [3.63, 3.8) is 0 Å². The number of carbonyl (C=O) groups is 3. The molecular weight excluding hydrogens is 432 g/mol. The number of nitrogens with one attached hydrogen (secondary N) is 3. The third-order valence-corrected chi connectivity index (χ3v) is 5.27. The molecule has 1 aliphatic heterocycles. The van der Waals surface area contributed by atoms with Gasteiger partial charge in [0, 0.05) is 18.5 Å². The van der Waals surface area contributed by atoms with Crippen LogP contribution in [0.25, 0.3) is 0 Å². The van der Waals surface area contributed by atoms with Gasteiger partial charge in [0.15, 0.2) is 5.11 Å². The smallest absolute Gasteiger partial charge is 0.257 e. The topological polar surface area (TPSA) is 113 Å². The number of amides is 3. The number of thiocarbonyl (C=S) groups is 1. The van der Waals surface area contributed by atoms with Crippen molar-refractivity contribution in [2.45, 2.75) is 39.3 Å². The van der Waals surface area contributed by atoms with Crippen molar-refractivity contribution in [3.05, 3.63) is 54.0 Å². The van der Waals surface area contributed by atoms with Gasteiger partial charge in [0.05, 0.1) is 24.8 Å². The van der Waals surface area contributed by atoms with E-state index in [1.54, 1.807) is 41.3 Å². The van der Waals surface area contributed by atoms with E-state index in [0.717, 1.165) is 6.42 Å². The van der Waals surface area contributed by atoms with E-state index in [2.05, 4.69) is 16.2 Å². The van der Waals surface area contributed by atoms with Crippen molar-refractivity contribution in [1.82, 2.24) is 21.1 Å². The molecule has 3 rings (SSSR count). The monoisotopic (exact) mass is 458 g/mol. The highest BCUT2D eigenvalue weighted by Gasteiger charge is 2.34. The van der Waals surface area contributed by atoms with Gasteiger partial charge in [-0.2, -0.15) is 0 Å². The fraction of sp³-hybridized carbons (Fsp3) is 0.364. The molecule has 3 N–H and O–H groups in total. The third-order valence-electron chi connectivity index (χ3n) is 5.07. The Balaban J connectivity index is 1.42. The van der Waals surface area contributed by atoms with E-state index in [0.29, 0.717) is 23.6 Å². The molecule has 0 spiro atoms. The molecule has 3 amide bonds. The van der Waals surface area contributed by atoms with Crippen molar-refractivity contribution in [2.75, 3.05) is 6.54 Å². The third kappa shape index (κ3) is 6.30. The van der Waals surface area contributed by atoms with Gasteiger partial charge < -0.3 is 14.1 Å². The Kier molecular flexibility index (Phi) is 7.82. The van der Waals surface area contributed by atoms with Crippen molar-refractivity contribution >= 4 is 35.1 Å². The lowest BCUT2D eigenvalue weighted by Crippen LogP contribution is -2.50. The van der Waals surface area contributed by atoms with Crippen LogP contribution in [0, 0.1) is 5.92 Å². The molecule has 1 saturated heterocycles. The van der Waals surface area contributed by atoms with Gasteiger partial charge in [-0.25, -0.2) is 0 Å². The minimum Gasteiger partial charge on any atom is -0.491 e. The molecule has 9 nitrogen and oxygen atoms in total. The molecule has 0 aliphatic carbocycles. The molecule has 2 unspecified atom stereocenters. The van der Waals surface area contributed by atoms with Gasteiger partial charge in [-0.05, 0) is 62.0 Å². The standard InChI is InChI=1S/C22H26N4O5S/c1-3-14(2)31-17-8-6-15(7-9-17)20(28)23-22(32)25-24-21(29)16-11-19(27)26(12-16)13-18-5-4-10-30-18/h4-10,14,16H,3,11-13H2,1-2H3,(H,24,29)(H2,23,25,28,32). The zero-order valence-corrected chi connectivity index (χ0v) is 18.7. The van der Waals surface area contributed by atoms with E-state index in [4.69, 9.17) is 21.4 Å². The fourth-order valence-corrected chi connectivity index (χ4v) is 3.26. The van der Waals surface area contributed by atoms with Crippen LogP contribution in [0.1, 0.15) is 42.8 Å². The van der Waals surface area contributed by atoms with E-state index < -0.39 is 11.8 Å². The molecule has 0 radical (unpaired) electrons. The Morgan fingerprint density at radius 1 is 1.25 bits per heavy atom. The summed E-state index contributed by atoms with van der Waals surface area (Å²) in [6.07, 6.45) is 2.60. The summed E-state index contributed by atoms with van der Waals surface area (Å²) in [6.45, 7) is 4.59. The van der Waals surface area contributed by atoms with Gasteiger partial charge in [0.25, 0.3) is 5.91 Å². The zero-order chi connectivity index (χ0) is 23.1. The highest BCUT2D eigenvalue weighted by Crippen LogP contribution is 2.20. The summed E-state index contributed by atoms with van der Waals surface area (Å²) >= 11 is 5.07. The van der Waals surface area contributed by atoms with E-state index in [1.807, 2.05) is 13.8 Å². The van der Waals surface area contributed by atoms with Gasteiger partial charge in [0.1, 0.15) is 11.5 Å². The second-order valence-electron chi connectivity index (χ2n) is 7.51. The van der Waals surface area contributed by atoms with E-state index in [9.17, 15) is 14.4 Å². The number of rotatable bonds is 7. The van der Waals surface area contributed by atoms with Crippen molar-refractivity contribution in [3.8, 4) is 5.75 Å². The number of hydrogen-bond acceptors (Lipinski definition) is 6. The average Bonchev–Trinajstić information content (AvgIpc) is 3.42. The van der Waals surface area contributed by atoms with Gasteiger partial charge >= 0.3 is 0 Å². The minimum atomic E-state index is -0.526. The lowest BCUT2D eigenvalue weighted by Gasteiger charge is -2.16. The Hall–Kier alpha value is -3.40. The Morgan fingerprint density at radius 2 is 2.00 bits per heavy atom. The van der Waals surface area contributed by atoms with Crippen LogP contribution in [0.5, 0.6) is 5.75 Å². The number of furan rings is 1. The van der Waals surface area contributed by atoms with Crippen LogP contribution in [0.3, 0.4) is 0 Å². The maximum atomic E-state index is 12.4. The SMILES string of the molecule is CCC(C)Oc1ccc(C(=O)NC(=S)NNC(=O)C2CC(=O)N(Cc3ccco3)C2)cc1. The molecule has 10 heteroatoms. The first-order valence-electron chi connectivity index (χ1n) is 10.3. The summed E-state index contributed by atoms with van der Waals surface area (Å²) in [5, 5.41) is 2.44. The maximum absolute atomic E-state index is 12.4. The van der Waals surface area contributed by atoms with Crippen LogP contribution in [0.2, 0.25) is 0 Å². The van der Waals surface area contributed by atoms with Crippen LogP contribution < -0.4 is 20.9 Å². The highest BCUT2D eigenvalue weighted by molar-refractivity contribution is 7.80. The maximum Gasteiger partial charge on any atom is 0.257 e. The van der Waals surface area contributed by atoms with Crippen LogP contribution in [-0.4, -0.2) is 40.4 Å². The Morgan fingerprint density at radius 3 is 2.66 bits per heavy atom. The summed E-state index contributed by atoms with van der Waals surface area (Å²) in [6, 6.07) is 10.2. The zero-order valence-electron chi connectivity index (χ0n) is 17.9. The number of likely N-dealkylation sites (tertiary alicyclic amines) is 1. The normalized spacial score (nSPS) is 16.4. The second-order valence-corrected chi connectivity index (χ2v) is 7.92. The molecule has 0 bridgehead atoms. The minimum absolute atomic E-state index is 0.0555. The van der Waals surface area contributed by atoms with Gasteiger partial charge in [-0.15, -0.1) is 0 Å². The van der Waals surface area contributed by atoms with Crippen molar-refractivity contribution in [1.29, 1.82) is 0 Å². The summed E-state index contributed by atoms with van der Waals surface area (Å²) in [5.74, 6) is -0.132. The molecule has 2 atom stereocenters. The quantitative estimate of drug-likeness (QED) is 0.430. The molecule has 1 aromatic carbocycles. The van der Waals surface area contributed by atoms with Crippen LogP contribution >= 0.6 is 12.2 Å². The number of nitrogens with zero attached hydrogens (tertiary/aromatic N) is 1. The lowest BCUT2D eigenvalue weighted by molar-refractivity contribution is -0.129. The molecule has 0 saturated carbocycles. The Bertz CT molecular complexity index is 961. The molecular formula is C22H26N4O5S. The number of hydrogen-bond donors (Lipinski definition) is 3. The van der Waals surface area contributed by atoms with Gasteiger partial charge in [-0.3, -0.25) is 30.6 Å². The van der Waals surface area contributed by atoms with Crippen molar-refractivity contribution < 1.29 is 23.5 Å². The number of benzene rings is 1. The summed E-state index contributed by atoms with van der Waals surface area (Å²) < 4.78 is 10.9. The first-order valence-corrected chi connectivity index (χ1v) is 10.7. The molecule has 2 heterocycles. The first kappa shape index (κ1) is 23.3.